The molecule has 0 aliphatic carbocycles. The SMILES string of the molecule is CCN1C(=O)[C@@](C)(CC)N(CC)c2nc(CCc3cnn(Cc4ccc(F)cc4)c3)ncc21. The number of fused-ring (bicyclic) bond motifs is 1. The largest absolute Gasteiger partial charge is 0.341 e. The van der Waals surface area contributed by atoms with Gasteiger partial charge in [0.15, 0.2) is 5.82 Å². The Morgan fingerprint density at radius 2 is 1.76 bits per heavy atom. The number of nitrogens with zero attached hydrogens (tertiary/aromatic N) is 6. The summed E-state index contributed by atoms with van der Waals surface area (Å²) in [5.41, 5.74) is 2.27. The van der Waals surface area contributed by atoms with E-state index in [9.17, 15) is 9.18 Å². The highest BCUT2D eigenvalue weighted by Gasteiger charge is 2.46. The number of aryl methyl sites for hydroxylation is 2. The minimum atomic E-state index is -0.606. The normalized spacial score (nSPS) is 18.0. The van der Waals surface area contributed by atoms with Crippen molar-refractivity contribution in [2.75, 3.05) is 22.9 Å². The van der Waals surface area contributed by atoms with Gasteiger partial charge in [-0.1, -0.05) is 19.1 Å². The van der Waals surface area contributed by atoms with Crippen LogP contribution in [0.15, 0.2) is 42.9 Å². The van der Waals surface area contributed by atoms with Crippen molar-refractivity contribution in [3.05, 3.63) is 65.6 Å². The fourth-order valence-electron chi connectivity index (χ4n) is 4.47. The third kappa shape index (κ3) is 4.34. The van der Waals surface area contributed by atoms with Crippen LogP contribution in [0, 0.1) is 5.82 Å². The maximum Gasteiger partial charge on any atom is 0.252 e. The Morgan fingerprint density at radius 1 is 1.00 bits per heavy atom. The van der Waals surface area contributed by atoms with E-state index in [0.29, 0.717) is 32.5 Å². The van der Waals surface area contributed by atoms with E-state index in [2.05, 4.69) is 21.9 Å². The smallest absolute Gasteiger partial charge is 0.252 e. The molecule has 1 aliphatic heterocycles. The molecule has 0 fully saturated rings. The summed E-state index contributed by atoms with van der Waals surface area (Å²) in [6.45, 7) is 9.98. The van der Waals surface area contributed by atoms with Gasteiger partial charge in [0.05, 0.1) is 18.9 Å². The molecule has 0 unspecified atom stereocenters. The van der Waals surface area contributed by atoms with Crippen molar-refractivity contribution in [2.45, 2.75) is 59.0 Å². The number of anilines is 2. The highest BCUT2D eigenvalue weighted by atomic mass is 19.1. The van der Waals surface area contributed by atoms with Crippen LogP contribution in [0.4, 0.5) is 15.9 Å². The van der Waals surface area contributed by atoms with Crippen LogP contribution in [0.1, 0.15) is 51.1 Å². The van der Waals surface area contributed by atoms with Gasteiger partial charge in [0.1, 0.15) is 22.9 Å². The Bertz CT molecular complexity index is 1130. The van der Waals surface area contributed by atoms with Crippen LogP contribution in [0.3, 0.4) is 0 Å². The second-order valence-corrected chi connectivity index (χ2v) is 8.59. The first-order valence-electron chi connectivity index (χ1n) is 11.6. The standard InChI is InChI=1S/C25H31FN6O/c1-5-25(4)24(33)31(6-2)21-15-27-22(29-23(21)32(25)7-3)13-10-19-14-28-30(17-19)16-18-8-11-20(26)12-9-18/h8-9,11-12,14-15,17H,5-7,10,13,16H2,1-4H3/t25-/m1/s1. The third-order valence-corrected chi connectivity index (χ3v) is 6.55. The molecule has 3 aromatic rings. The van der Waals surface area contributed by atoms with E-state index in [1.807, 2.05) is 37.8 Å². The first-order valence-corrected chi connectivity index (χ1v) is 11.6. The number of amides is 1. The average Bonchev–Trinajstić information content (AvgIpc) is 3.27. The van der Waals surface area contributed by atoms with Crippen molar-refractivity contribution in [3.8, 4) is 0 Å². The number of hydrogen-bond acceptors (Lipinski definition) is 5. The molecule has 1 aromatic carbocycles. The monoisotopic (exact) mass is 450 g/mol. The van der Waals surface area contributed by atoms with Crippen LogP contribution in [0.25, 0.3) is 0 Å². The zero-order chi connectivity index (χ0) is 23.6. The van der Waals surface area contributed by atoms with E-state index in [1.54, 1.807) is 23.2 Å². The predicted molar refractivity (Wildman–Crippen MR) is 127 cm³/mol. The van der Waals surface area contributed by atoms with Gasteiger partial charge in [-0.3, -0.25) is 9.48 Å². The van der Waals surface area contributed by atoms with E-state index in [-0.39, 0.29) is 11.7 Å². The molecular weight excluding hydrogens is 419 g/mol. The molecule has 0 spiro atoms. The summed E-state index contributed by atoms with van der Waals surface area (Å²) in [5, 5.41) is 4.43. The van der Waals surface area contributed by atoms with E-state index in [1.165, 1.54) is 12.1 Å². The molecule has 8 heteroatoms. The molecule has 0 N–H and O–H groups in total. The van der Waals surface area contributed by atoms with Gasteiger partial charge in [0, 0.05) is 25.7 Å². The number of carbonyl (C=O) groups excluding carboxylic acids is 1. The number of halogens is 1. The van der Waals surface area contributed by atoms with Crippen LogP contribution < -0.4 is 9.80 Å². The Morgan fingerprint density at radius 3 is 2.42 bits per heavy atom. The summed E-state index contributed by atoms with van der Waals surface area (Å²) in [5.74, 6) is 1.45. The number of aromatic nitrogens is 4. The zero-order valence-electron chi connectivity index (χ0n) is 19.8. The maximum atomic E-state index is 13.2. The van der Waals surface area contributed by atoms with Crippen LogP contribution in [-0.2, 0) is 24.2 Å². The Kier molecular flexibility index (Phi) is 6.44. The first kappa shape index (κ1) is 22.9. The van der Waals surface area contributed by atoms with E-state index < -0.39 is 5.54 Å². The lowest BCUT2D eigenvalue weighted by Gasteiger charge is -2.47. The highest BCUT2D eigenvalue weighted by Crippen LogP contribution is 2.40. The van der Waals surface area contributed by atoms with Gasteiger partial charge in [0.2, 0.25) is 0 Å². The van der Waals surface area contributed by atoms with E-state index in [4.69, 9.17) is 4.98 Å². The fraction of sp³-hybridized carbons (Fsp3) is 0.440. The molecule has 4 rings (SSSR count). The first-order chi connectivity index (χ1) is 15.9. The molecule has 0 radical (unpaired) electrons. The summed E-state index contributed by atoms with van der Waals surface area (Å²) < 4.78 is 15.0. The lowest BCUT2D eigenvalue weighted by molar-refractivity contribution is -0.123. The Hall–Kier alpha value is -3.29. The van der Waals surface area contributed by atoms with Gasteiger partial charge in [-0.05, 0) is 56.9 Å². The fourth-order valence-corrected chi connectivity index (χ4v) is 4.47. The van der Waals surface area contributed by atoms with Gasteiger partial charge in [-0.15, -0.1) is 0 Å². The summed E-state index contributed by atoms with van der Waals surface area (Å²) in [6.07, 6.45) is 7.79. The van der Waals surface area contributed by atoms with Crippen molar-refractivity contribution >= 4 is 17.4 Å². The predicted octanol–water partition coefficient (Wildman–Crippen LogP) is 4.01. The summed E-state index contributed by atoms with van der Waals surface area (Å²) >= 11 is 0. The molecule has 7 nitrogen and oxygen atoms in total. The second-order valence-electron chi connectivity index (χ2n) is 8.59. The average molecular weight is 451 g/mol. The topological polar surface area (TPSA) is 67.2 Å². The van der Waals surface area contributed by atoms with Crippen LogP contribution >= 0.6 is 0 Å². The summed E-state index contributed by atoms with van der Waals surface area (Å²) in [7, 11) is 0. The molecule has 1 atom stereocenters. The Labute approximate surface area is 194 Å². The van der Waals surface area contributed by atoms with Gasteiger partial charge in [0.25, 0.3) is 5.91 Å². The molecule has 33 heavy (non-hydrogen) atoms. The zero-order valence-corrected chi connectivity index (χ0v) is 19.8. The van der Waals surface area contributed by atoms with E-state index in [0.717, 1.165) is 34.9 Å². The molecule has 0 bridgehead atoms. The van der Waals surface area contributed by atoms with Gasteiger partial charge >= 0.3 is 0 Å². The van der Waals surface area contributed by atoms with Gasteiger partial charge in [-0.25, -0.2) is 14.4 Å². The molecule has 1 amide bonds. The van der Waals surface area contributed by atoms with Crippen LogP contribution in [-0.4, -0.2) is 44.3 Å². The quantitative estimate of drug-likeness (QED) is 0.519. The third-order valence-electron chi connectivity index (χ3n) is 6.55. The number of carbonyl (C=O) groups is 1. The van der Waals surface area contributed by atoms with E-state index >= 15 is 0 Å². The second kappa shape index (κ2) is 9.29. The lowest BCUT2D eigenvalue weighted by Crippen LogP contribution is -2.62. The molecule has 174 valence electrons. The number of rotatable bonds is 8. The van der Waals surface area contributed by atoms with Crippen LogP contribution in [0.2, 0.25) is 0 Å². The van der Waals surface area contributed by atoms with Crippen molar-refractivity contribution in [3.63, 3.8) is 0 Å². The van der Waals surface area contributed by atoms with Gasteiger partial charge < -0.3 is 9.80 Å². The lowest BCUT2D eigenvalue weighted by atomic mass is 9.91. The highest BCUT2D eigenvalue weighted by molar-refractivity contribution is 6.07. The van der Waals surface area contributed by atoms with Crippen LogP contribution in [0.5, 0.6) is 0 Å². The van der Waals surface area contributed by atoms with Crippen molar-refractivity contribution < 1.29 is 9.18 Å². The molecule has 3 heterocycles. The van der Waals surface area contributed by atoms with Crippen molar-refractivity contribution in [2.24, 2.45) is 0 Å². The van der Waals surface area contributed by atoms with Crippen molar-refractivity contribution in [1.82, 2.24) is 19.7 Å². The number of hydrogen-bond donors (Lipinski definition) is 0. The Balaban J connectivity index is 1.50. The van der Waals surface area contributed by atoms with Crippen molar-refractivity contribution in [1.29, 1.82) is 0 Å². The molecular formula is C25H31FN6O. The minimum Gasteiger partial charge on any atom is -0.341 e. The summed E-state index contributed by atoms with van der Waals surface area (Å²) in [4.78, 5) is 26.6. The molecule has 0 saturated carbocycles. The molecule has 2 aromatic heterocycles. The summed E-state index contributed by atoms with van der Waals surface area (Å²) in [6, 6.07) is 6.46. The number of likely N-dealkylation sites (N-methyl/N-ethyl adjacent to an activating group) is 2. The van der Waals surface area contributed by atoms with Gasteiger partial charge in [-0.2, -0.15) is 5.10 Å². The maximum absolute atomic E-state index is 13.2. The minimum absolute atomic E-state index is 0.103. The molecule has 1 aliphatic rings. The number of benzene rings is 1. The molecule has 0 saturated heterocycles.